The first-order chi connectivity index (χ1) is 4.68. The van der Waals surface area contributed by atoms with Crippen LogP contribution in [0.15, 0.2) is 10.6 Å². The highest BCUT2D eigenvalue weighted by atomic mass is 16.4. The van der Waals surface area contributed by atoms with Crippen LogP contribution in [0.4, 0.5) is 6.01 Å². The number of aromatic nitrogens is 1. The first-order valence-corrected chi connectivity index (χ1v) is 3.38. The van der Waals surface area contributed by atoms with Crippen molar-refractivity contribution in [2.45, 2.75) is 20.3 Å². The van der Waals surface area contributed by atoms with E-state index in [1.165, 1.54) is 0 Å². The van der Waals surface area contributed by atoms with Gasteiger partial charge in [-0.1, -0.05) is 13.8 Å². The summed E-state index contributed by atoms with van der Waals surface area (Å²) in [4.78, 5) is 3.78. The lowest BCUT2D eigenvalue weighted by atomic mass is 10.1. The summed E-state index contributed by atoms with van der Waals surface area (Å²) < 4.78 is 5.06. The van der Waals surface area contributed by atoms with E-state index in [0.29, 0.717) is 5.92 Å². The van der Waals surface area contributed by atoms with Gasteiger partial charge in [-0.3, -0.25) is 0 Å². The van der Waals surface area contributed by atoms with Gasteiger partial charge in [0, 0.05) is 6.42 Å². The first-order valence-electron chi connectivity index (χ1n) is 3.38. The summed E-state index contributed by atoms with van der Waals surface area (Å²) in [5.74, 6) is 1.46. The van der Waals surface area contributed by atoms with Crippen LogP contribution in [-0.2, 0) is 6.42 Å². The minimum absolute atomic E-state index is 0.260. The number of nitrogen functional groups attached to an aromatic ring is 1. The number of oxazole rings is 1. The number of anilines is 1. The lowest BCUT2D eigenvalue weighted by Crippen LogP contribution is -1.91. The topological polar surface area (TPSA) is 52.0 Å². The van der Waals surface area contributed by atoms with Gasteiger partial charge in [-0.25, -0.2) is 4.98 Å². The molecule has 0 amide bonds. The second-order valence-electron chi connectivity index (χ2n) is 2.76. The Morgan fingerprint density at radius 2 is 2.40 bits per heavy atom. The van der Waals surface area contributed by atoms with Crippen LogP contribution in [-0.4, -0.2) is 4.98 Å². The third kappa shape index (κ3) is 1.76. The van der Waals surface area contributed by atoms with Crippen LogP contribution in [0.5, 0.6) is 0 Å². The summed E-state index contributed by atoms with van der Waals surface area (Å²) in [6.07, 6.45) is 2.58. The monoisotopic (exact) mass is 140 g/mol. The zero-order valence-corrected chi connectivity index (χ0v) is 6.29. The summed E-state index contributed by atoms with van der Waals surface area (Å²) in [5.41, 5.74) is 5.28. The molecule has 1 heterocycles. The van der Waals surface area contributed by atoms with E-state index in [1.54, 1.807) is 6.20 Å². The molecule has 0 atom stereocenters. The Labute approximate surface area is 60.2 Å². The van der Waals surface area contributed by atoms with Crippen molar-refractivity contribution in [2.24, 2.45) is 5.92 Å². The Kier molecular flexibility index (Phi) is 1.94. The van der Waals surface area contributed by atoms with E-state index in [1.807, 2.05) is 0 Å². The van der Waals surface area contributed by atoms with E-state index in [4.69, 9.17) is 10.2 Å². The number of nitrogens with zero attached hydrogens (tertiary/aromatic N) is 1. The largest absolute Gasteiger partial charge is 0.429 e. The first kappa shape index (κ1) is 7.12. The van der Waals surface area contributed by atoms with Gasteiger partial charge in [-0.2, -0.15) is 0 Å². The van der Waals surface area contributed by atoms with Crippen LogP contribution < -0.4 is 5.73 Å². The maximum Gasteiger partial charge on any atom is 0.292 e. The quantitative estimate of drug-likeness (QED) is 0.676. The molecule has 1 rings (SSSR count). The van der Waals surface area contributed by atoms with Crippen LogP contribution in [0.3, 0.4) is 0 Å². The van der Waals surface area contributed by atoms with E-state index in [9.17, 15) is 0 Å². The van der Waals surface area contributed by atoms with Crippen molar-refractivity contribution in [1.29, 1.82) is 0 Å². The van der Waals surface area contributed by atoms with Gasteiger partial charge in [0.2, 0.25) is 0 Å². The molecule has 2 N–H and O–H groups in total. The zero-order chi connectivity index (χ0) is 7.56. The van der Waals surface area contributed by atoms with Crippen molar-refractivity contribution < 1.29 is 4.42 Å². The molecule has 0 saturated heterocycles. The highest BCUT2D eigenvalue weighted by Gasteiger charge is 2.01. The Balaban J connectivity index is 2.58. The van der Waals surface area contributed by atoms with Gasteiger partial charge in [0.25, 0.3) is 6.01 Å². The van der Waals surface area contributed by atoms with Crippen molar-refractivity contribution in [3.8, 4) is 0 Å². The highest BCUT2D eigenvalue weighted by Crippen LogP contribution is 2.09. The molecule has 0 saturated carbocycles. The molecule has 0 aliphatic carbocycles. The minimum atomic E-state index is 0.260. The predicted molar refractivity (Wildman–Crippen MR) is 39.5 cm³/mol. The molecule has 0 aliphatic heterocycles. The van der Waals surface area contributed by atoms with Crippen molar-refractivity contribution in [3.05, 3.63) is 12.0 Å². The molecule has 56 valence electrons. The van der Waals surface area contributed by atoms with Crippen LogP contribution >= 0.6 is 0 Å². The van der Waals surface area contributed by atoms with E-state index in [2.05, 4.69) is 18.8 Å². The van der Waals surface area contributed by atoms with Gasteiger partial charge >= 0.3 is 0 Å². The van der Waals surface area contributed by atoms with Gasteiger partial charge in [0.1, 0.15) is 5.76 Å². The lowest BCUT2D eigenvalue weighted by molar-refractivity contribution is 0.483. The summed E-state index contributed by atoms with van der Waals surface area (Å²) >= 11 is 0. The van der Waals surface area contributed by atoms with Gasteiger partial charge < -0.3 is 10.2 Å². The van der Waals surface area contributed by atoms with Crippen LogP contribution in [0.2, 0.25) is 0 Å². The van der Waals surface area contributed by atoms with Gasteiger partial charge in [0.05, 0.1) is 6.20 Å². The lowest BCUT2D eigenvalue weighted by Gasteiger charge is -1.97. The van der Waals surface area contributed by atoms with Crippen molar-refractivity contribution >= 4 is 6.01 Å². The van der Waals surface area contributed by atoms with Crippen LogP contribution in [0.1, 0.15) is 19.6 Å². The Bertz CT molecular complexity index is 205. The second-order valence-corrected chi connectivity index (χ2v) is 2.76. The van der Waals surface area contributed by atoms with E-state index < -0.39 is 0 Å². The molecule has 10 heavy (non-hydrogen) atoms. The number of hydrogen-bond acceptors (Lipinski definition) is 3. The average Bonchev–Trinajstić information content (AvgIpc) is 2.13. The van der Waals surface area contributed by atoms with Crippen LogP contribution in [0.25, 0.3) is 0 Å². The fourth-order valence-corrected chi connectivity index (χ4v) is 0.819. The molecule has 0 aliphatic rings. The summed E-state index contributed by atoms with van der Waals surface area (Å²) in [6, 6.07) is 0.260. The highest BCUT2D eigenvalue weighted by molar-refractivity contribution is 5.11. The maximum atomic E-state index is 5.28. The molecule has 0 fully saturated rings. The molecule has 3 nitrogen and oxygen atoms in total. The second kappa shape index (κ2) is 2.73. The fraction of sp³-hybridized carbons (Fsp3) is 0.571. The molecule has 0 spiro atoms. The van der Waals surface area contributed by atoms with E-state index in [-0.39, 0.29) is 6.01 Å². The average molecular weight is 140 g/mol. The molecule has 1 aromatic heterocycles. The number of rotatable bonds is 2. The van der Waals surface area contributed by atoms with E-state index in [0.717, 1.165) is 12.2 Å². The SMILES string of the molecule is CC(C)Cc1cnc(N)o1. The molecule has 0 aromatic carbocycles. The summed E-state index contributed by atoms with van der Waals surface area (Å²) in [6.45, 7) is 4.25. The Morgan fingerprint density at radius 1 is 1.70 bits per heavy atom. The standard InChI is InChI=1S/C7H12N2O/c1-5(2)3-6-4-9-7(8)10-6/h4-5H,3H2,1-2H3,(H2,8,9). The van der Waals surface area contributed by atoms with Crippen LogP contribution in [0, 0.1) is 5.92 Å². The number of nitrogens with two attached hydrogens (primary N) is 1. The van der Waals surface area contributed by atoms with Crippen molar-refractivity contribution in [1.82, 2.24) is 4.98 Å². The summed E-state index contributed by atoms with van der Waals surface area (Å²) in [7, 11) is 0. The minimum Gasteiger partial charge on any atom is -0.429 e. The molecular weight excluding hydrogens is 128 g/mol. The Hall–Kier alpha value is -0.990. The van der Waals surface area contributed by atoms with Gasteiger partial charge in [0.15, 0.2) is 0 Å². The zero-order valence-electron chi connectivity index (χ0n) is 6.29. The van der Waals surface area contributed by atoms with Gasteiger partial charge in [-0.15, -0.1) is 0 Å². The third-order valence-electron chi connectivity index (χ3n) is 1.18. The Morgan fingerprint density at radius 3 is 2.80 bits per heavy atom. The van der Waals surface area contributed by atoms with Crippen molar-refractivity contribution in [2.75, 3.05) is 5.73 Å². The normalized spacial score (nSPS) is 10.7. The molecule has 0 bridgehead atoms. The van der Waals surface area contributed by atoms with Gasteiger partial charge in [-0.05, 0) is 5.92 Å². The van der Waals surface area contributed by atoms with Crippen molar-refractivity contribution in [3.63, 3.8) is 0 Å². The third-order valence-corrected chi connectivity index (χ3v) is 1.18. The maximum absolute atomic E-state index is 5.28. The molecule has 3 heteroatoms. The fourth-order valence-electron chi connectivity index (χ4n) is 0.819. The molecule has 0 unspecified atom stereocenters. The number of hydrogen-bond donors (Lipinski definition) is 1. The van der Waals surface area contributed by atoms with E-state index >= 15 is 0 Å². The summed E-state index contributed by atoms with van der Waals surface area (Å²) in [5, 5.41) is 0. The molecule has 1 aromatic rings. The predicted octanol–water partition coefficient (Wildman–Crippen LogP) is 1.46. The smallest absolute Gasteiger partial charge is 0.292 e. The molecular formula is C7H12N2O. The molecule has 0 radical (unpaired) electrons.